The molecule has 1 aromatic carbocycles. The van der Waals surface area contributed by atoms with Crippen LogP contribution in [0.3, 0.4) is 0 Å². The van der Waals surface area contributed by atoms with E-state index in [-0.39, 0.29) is 23.7 Å². The molecule has 1 heterocycles. The number of pyridine rings is 1. The average molecular weight is 450 g/mol. The second-order valence-corrected chi connectivity index (χ2v) is 9.20. The number of ether oxygens (including phenoxy) is 1. The molecule has 0 spiro atoms. The minimum absolute atomic E-state index is 0.0605. The minimum atomic E-state index is -0.0804. The fourth-order valence-electron chi connectivity index (χ4n) is 4.56. The number of carbonyl (C=O) groups is 2. The molecule has 176 valence electrons. The van der Waals surface area contributed by atoms with Crippen molar-refractivity contribution in [3.05, 3.63) is 71.6 Å². The third kappa shape index (κ3) is 6.91. The van der Waals surface area contributed by atoms with E-state index in [0.717, 1.165) is 17.7 Å². The molecule has 0 saturated carbocycles. The molecule has 1 aliphatic carbocycles. The van der Waals surface area contributed by atoms with Gasteiger partial charge in [0.25, 0.3) is 5.91 Å². The van der Waals surface area contributed by atoms with E-state index in [9.17, 15) is 9.59 Å². The monoisotopic (exact) mass is 449 g/mol. The highest BCUT2D eigenvalue weighted by molar-refractivity contribution is 5.94. The van der Waals surface area contributed by atoms with Gasteiger partial charge in [0, 0.05) is 37.5 Å². The lowest BCUT2D eigenvalue weighted by Gasteiger charge is -2.37. The third-order valence-electron chi connectivity index (χ3n) is 6.58. The molecule has 2 N–H and O–H groups in total. The maximum absolute atomic E-state index is 12.6. The van der Waals surface area contributed by atoms with Gasteiger partial charge < -0.3 is 15.4 Å². The van der Waals surface area contributed by atoms with Crippen LogP contribution in [-0.2, 0) is 11.3 Å². The summed E-state index contributed by atoms with van der Waals surface area (Å²) in [7, 11) is 1.61. The summed E-state index contributed by atoms with van der Waals surface area (Å²) in [6.45, 7) is 7.63. The van der Waals surface area contributed by atoms with Gasteiger partial charge in [-0.1, -0.05) is 31.6 Å². The van der Waals surface area contributed by atoms with Crippen molar-refractivity contribution < 1.29 is 14.3 Å². The quantitative estimate of drug-likeness (QED) is 0.557. The Balaban J connectivity index is 1.57. The van der Waals surface area contributed by atoms with Crippen molar-refractivity contribution in [2.24, 2.45) is 23.7 Å². The fraction of sp³-hybridized carbons (Fsp3) is 0.444. The number of benzene rings is 1. The number of amides is 2. The summed E-state index contributed by atoms with van der Waals surface area (Å²) in [5.41, 5.74) is 2.85. The zero-order chi connectivity index (χ0) is 23.8. The van der Waals surface area contributed by atoms with E-state index in [4.69, 9.17) is 4.74 Å². The molecule has 0 bridgehead atoms. The van der Waals surface area contributed by atoms with Gasteiger partial charge in [0.05, 0.1) is 7.11 Å². The highest BCUT2D eigenvalue weighted by Gasteiger charge is 2.32. The molecule has 0 unspecified atom stereocenters. The second kappa shape index (κ2) is 11.6. The Hall–Kier alpha value is -3.15. The van der Waals surface area contributed by atoms with Gasteiger partial charge in [-0.15, -0.1) is 0 Å². The van der Waals surface area contributed by atoms with E-state index in [1.165, 1.54) is 5.57 Å². The van der Waals surface area contributed by atoms with Gasteiger partial charge in [0.15, 0.2) is 0 Å². The Kier molecular flexibility index (Phi) is 8.64. The number of aromatic nitrogens is 1. The highest BCUT2D eigenvalue weighted by Crippen LogP contribution is 2.38. The Morgan fingerprint density at radius 3 is 2.55 bits per heavy atom. The maximum atomic E-state index is 12.6. The van der Waals surface area contributed by atoms with Crippen molar-refractivity contribution in [3.63, 3.8) is 0 Å². The van der Waals surface area contributed by atoms with Crippen LogP contribution in [0.1, 0.15) is 49.5 Å². The number of rotatable bonds is 9. The molecule has 2 aromatic rings. The van der Waals surface area contributed by atoms with E-state index >= 15 is 0 Å². The summed E-state index contributed by atoms with van der Waals surface area (Å²) >= 11 is 0. The normalized spacial score (nSPS) is 20.2. The van der Waals surface area contributed by atoms with Crippen LogP contribution in [0.15, 0.2) is 60.4 Å². The Bertz CT molecular complexity index is 954. The number of nitrogens with zero attached hydrogens (tertiary/aromatic N) is 1. The van der Waals surface area contributed by atoms with Crippen molar-refractivity contribution in [2.75, 3.05) is 13.7 Å². The van der Waals surface area contributed by atoms with Gasteiger partial charge in [0.2, 0.25) is 5.91 Å². The molecule has 6 nitrogen and oxygen atoms in total. The molecule has 0 radical (unpaired) electrons. The molecule has 1 aliphatic rings. The number of hydrogen-bond acceptors (Lipinski definition) is 4. The number of allylic oxidation sites excluding steroid dienone is 1. The molecule has 3 atom stereocenters. The number of nitrogens with one attached hydrogen (secondary N) is 2. The molecule has 3 rings (SSSR count). The largest absolute Gasteiger partial charge is 0.497 e. The van der Waals surface area contributed by atoms with Gasteiger partial charge in [-0.05, 0) is 72.9 Å². The standard InChI is InChI=1S/C27H35N3O3/c1-18(2)25-13-22(14-26(31)29-16-20-6-5-11-28-15-20)19(3)12-23(25)17-30-27(32)21-7-9-24(33-4)10-8-21/h5-12,15,18,22-23,25H,13-14,16-17H2,1-4H3,(H,29,31)(H,30,32)/t22-,23-,25-/m0/s1. The van der Waals surface area contributed by atoms with Gasteiger partial charge in [-0.25, -0.2) is 0 Å². The summed E-state index contributed by atoms with van der Waals surface area (Å²) < 4.78 is 5.16. The zero-order valence-electron chi connectivity index (χ0n) is 20.0. The number of hydrogen-bond donors (Lipinski definition) is 2. The summed E-state index contributed by atoms with van der Waals surface area (Å²) in [6.07, 6.45) is 7.19. The van der Waals surface area contributed by atoms with Crippen molar-refractivity contribution in [2.45, 2.75) is 40.2 Å². The maximum Gasteiger partial charge on any atom is 0.251 e. The number of methoxy groups -OCH3 is 1. The summed E-state index contributed by atoms with van der Waals surface area (Å²) in [4.78, 5) is 29.3. The lowest BCUT2D eigenvalue weighted by molar-refractivity contribution is -0.122. The Morgan fingerprint density at radius 1 is 1.15 bits per heavy atom. The molecule has 33 heavy (non-hydrogen) atoms. The van der Waals surface area contributed by atoms with Gasteiger partial charge in [-0.3, -0.25) is 14.6 Å². The van der Waals surface area contributed by atoms with E-state index in [2.05, 4.69) is 42.5 Å². The van der Waals surface area contributed by atoms with Gasteiger partial charge >= 0.3 is 0 Å². The lowest BCUT2D eigenvalue weighted by atomic mass is 9.69. The summed E-state index contributed by atoms with van der Waals surface area (Å²) in [5.74, 6) is 2.04. The van der Waals surface area contributed by atoms with Crippen LogP contribution in [0.2, 0.25) is 0 Å². The SMILES string of the molecule is COc1ccc(C(=O)NC[C@@H]2C=C(C)[C@H](CC(=O)NCc3cccnc3)C[C@H]2C(C)C)cc1. The predicted octanol–water partition coefficient (Wildman–Crippen LogP) is 4.38. The van der Waals surface area contributed by atoms with E-state index in [1.54, 1.807) is 43.8 Å². The smallest absolute Gasteiger partial charge is 0.251 e. The van der Waals surface area contributed by atoms with Crippen molar-refractivity contribution in [1.29, 1.82) is 0 Å². The summed E-state index contributed by atoms with van der Waals surface area (Å²) in [6, 6.07) is 11.0. The Labute approximate surface area is 196 Å². The molecular weight excluding hydrogens is 414 g/mol. The topological polar surface area (TPSA) is 80.3 Å². The first-order valence-electron chi connectivity index (χ1n) is 11.6. The average Bonchev–Trinajstić information content (AvgIpc) is 2.83. The third-order valence-corrected chi connectivity index (χ3v) is 6.58. The van der Waals surface area contributed by atoms with Crippen LogP contribution in [-0.4, -0.2) is 30.5 Å². The number of carbonyl (C=O) groups excluding carboxylic acids is 2. The highest BCUT2D eigenvalue weighted by atomic mass is 16.5. The van der Waals surface area contributed by atoms with Crippen LogP contribution >= 0.6 is 0 Å². The molecule has 0 aliphatic heterocycles. The van der Waals surface area contributed by atoms with Crippen LogP contribution in [0.5, 0.6) is 5.75 Å². The molecule has 0 saturated heterocycles. The van der Waals surface area contributed by atoms with Gasteiger partial charge in [0.1, 0.15) is 5.75 Å². The predicted molar refractivity (Wildman–Crippen MR) is 130 cm³/mol. The molecule has 0 fully saturated rings. The lowest BCUT2D eigenvalue weighted by Crippen LogP contribution is -2.37. The molecule has 1 aromatic heterocycles. The fourth-order valence-corrected chi connectivity index (χ4v) is 4.56. The molecule has 2 amide bonds. The van der Waals surface area contributed by atoms with Crippen LogP contribution in [0.4, 0.5) is 0 Å². The van der Waals surface area contributed by atoms with E-state index in [1.807, 2.05) is 12.1 Å². The molecular formula is C27H35N3O3. The van der Waals surface area contributed by atoms with Crippen molar-refractivity contribution in [1.82, 2.24) is 15.6 Å². The Morgan fingerprint density at radius 2 is 1.91 bits per heavy atom. The van der Waals surface area contributed by atoms with Crippen molar-refractivity contribution in [3.8, 4) is 5.75 Å². The van der Waals surface area contributed by atoms with Crippen LogP contribution < -0.4 is 15.4 Å². The van der Waals surface area contributed by atoms with Crippen LogP contribution in [0.25, 0.3) is 0 Å². The van der Waals surface area contributed by atoms with E-state index < -0.39 is 0 Å². The van der Waals surface area contributed by atoms with Crippen molar-refractivity contribution >= 4 is 11.8 Å². The first-order valence-corrected chi connectivity index (χ1v) is 11.6. The minimum Gasteiger partial charge on any atom is -0.497 e. The molecule has 6 heteroatoms. The van der Waals surface area contributed by atoms with Gasteiger partial charge in [-0.2, -0.15) is 0 Å². The second-order valence-electron chi connectivity index (χ2n) is 9.20. The van der Waals surface area contributed by atoms with E-state index in [0.29, 0.717) is 36.9 Å². The summed E-state index contributed by atoms with van der Waals surface area (Å²) in [5, 5.41) is 6.11. The first-order chi connectivity index (χ1) is 15.9. The zero-order valence-corrected chi connectivity index (χ0v) is 20.0. The van der Waals surface area contributed by atoms with Crippen LogP contribution in [0, 0.1) is 23.7 Å². The first kappa shape index (κ1) is 24.5.